The average Bonchev–Trinajstić information content (AvgIpc) is 3.44. The molecule has 8 nitrogen and oxygen atoms in total. The number of nitrogens with zero attached hydrogens (tertiary/aromatic N) is 2. The molecule has 3 aromatic rings. The zero-order valence-corrected chi connectivity index (χ0v) is 17.6. The second-order valence-electron chi connectivity index (χ2n) is 7.35. The summed E-state index contributed by atoms with van der Waals surface area (Å²) in [7, 11) is 3.11. The number of rotatable bonds is 7. The Labute approximate surface area is 183 Å². The summed E-state index contributed by atoms with van der Waals surface area (Å²) in [6.07, 6.45) is 0.0961. The van der Waals surface area contributed by atoms with Gasteiger partial charge >= 0.3 is 0 Å². The van der Waals surface area contributed by atoms with Crippen LogP contribution >= 0.6 is 0 Å². The first-order valence-electron chi connectivity index (χ1n) is 10.00. The van der Waals surface area contributed by atoms with Gasteiger partial charge in [0.25, 0.3) is 0 Å². The molecule has 0 aliphatic carbocycles. The number of aromatic nitrogens is 1. The second kappa shape index (κ2) is 9.09. The van der Waals surface area contributed by atoms with Crippen LogP contribution in [0.1, 0.15) is 12.1 Å². The summed E-state index contributed by atoms with van der Waals surface area (Å²) in [6, 6.07) is 12.7. The largest absolute Gasteiger partial charge is 0.493 e. The number of benzene rings is 2. The van der Waals surface area contributed by atoms with Crippen LogP contribution in [0, 0.1) is 11.7 Å². The van der Waals surface area contributed by atoms with Crippen molar-refractivity contribution in [3.05, 3.63) is 60.0 Å². The molecule has 0 saturated carbocycles. The van der Waals surface area contributed by atoms with Crippen molar-refractivity contribution in [3.63, 3.8) is 0 Å². The predicted molar refractivity (Wildman–Crippen MR) is 114 cm³/mol. The van der Waals surface area contributed by atoms with Crippen molar-refractivity contribution in [2.24, 2.45) is 5.92 Å². The molecular formula is C23H22FN3O5. The molecule has 2 heterocycles. The van der Waals surface area contributed by atoms with Crippen LogP contribution in [-0.4, -0.2) is 37.7 Å². The Hall–Kier alpha value is -3.88. The molecule has 0 unspecified atom stereocenters. The van der Waals surface area contributed by atoms with Crippen molar-refractivity contribution in [2.45, 2.75) is 13.0 Å². The van der Waals surface area contributed by atoms with E-state index in [0.717, 1.165) is 5.56 Å². The Morgan fingerprint density at radius 1 is 1.16 bits per heavy atom. The van der Waals surface area contributed by atoms with Crippen molar-refractivity contribution in [2.75, 3.05) is 25.7 Å². The summed E-state index contributed by atoms with van der Waals surface area (Å²) in [5.41, 5.74) is 1.87. The minimum atomic E-state index is -0.496. The Bertz CT molecular complexity index is 1130. The van der Waals surface area contributed by atoms with E-state index in [2.05, 4.69) is 10.5 Å². The molecule has 32 heavy (non-hydrogen) atoms. The lowest BCUT2D eigenvalue weighted by atomic mass is 10.1. The van der Waals surface area contributed by atoms with Gasteiger partial charge in [-0.3, -0.25) is 9.59 Å². The van der Waals surface area contributed by atoms with Crippen LogP contribution in [0.25, 0.3) is 11.3 Å². The first-order valence-corrected chi connectivity index (χ1v) is 10.00. The smallest absolute Gasteiger partial charge is 0.227 e. The van der Waals surface area contributed by atoms with Crippen molar-refractivity contribution in [3.8, 4) is 22.8 Å². The Morgan fingerprint density at radius 3 is 2.62 bits per heavy atom. The lowest BCUT2D eigenvalue weighted by molar-refractivity contribution is -0.126. The summed E-state index contributed by atoms with van der Waals surface area (Å²) >= 11 is 0. The Kier molecular flexibility index (Phi) is 6.07. The second-order valence-corrected chi connectivity index (χ2v) is 7.35. The minimum absolute atomic E-state index is 0.0961. The van der Waals surface area contributed by atoms with E-state index in [1.807, 2.05) is 6.07 Å². The van der Waals surface area contributed by atoms with Crippen LogP contribution in [0.15, 0.2) is 53.1 Å². The number of amides is 2. The van der Waals surface area contributed by atoms with Crippen LogP contribution < -0.4 is 19.7 Å². The fourth-order valence-corrected chi connectivity index (χ4v) is 3.60. The van der Waals surface area contributed by atoms with Gasteiger partial charge in [0.1, 0.15) is 11.5 Å². The highest BCUT2D eigenvalue weighted by molar-refractivity contribution is 6.00. The van der Waals surface area contributed by atoms with Crippen LogP contribution in [0.3, 0.4) is 0 Å². The summed E-state index contributed by atoms with van der Waals surface area (Å²) in [5.74, 6) is 0.387. The maximum Gasteiger partial charge on any atom is 0.227 e. The molecule has 1 N–H and O–H groups in total. The molecular weight excluding hydrogens is 417 g/mol. The third-order valence-corrected chi connectivity index (χ3v) is 5.30. The molecule has 2 amide bonds. The van der Waals surface area contributed by atoms with Gasteiger partial charge in [0.15, 0.2) is 17.3 Å². The van der Waals surface area contributed by atoms with Gasteiger partial charge in [-0.25, -0.2) is 4.39 Å². The number of ether oxygens (including phenoxy) is 2. The van der Waals surface area contributed by atoms with Crippen LogP contribution in [0.4, 0.5) is 10.1 Å². The number of halogens is 1. The Morgan fingerprint density at radius 2 is 1.91 bits per heavy atom. The lowest BCUT2D eigenvalue weighted by Gasteiger charge is -2.16. The number of hydrogen-bond acceptors (Lipinski definition) is 6. The highest BCUT2D eigenvalue weighted by Gasteiger charge is 2.35. The third-order valence-electron chi connectivity index (χ3n) is 5.30. The van der Waals surface area contributed by atoms with Crippen LogP contribution in [0.5, 0.6) is 11.5 Å². The molecule has 2 aromatic carbocycles. The van der Waals surface area contributed by atoms with E-state index >= 15 is 0 Å². The van der Waals surface area contributed by atoms with E-state index < -0.39 is 5.92 Å². The average molecular weight is 439 g/mol. The topological polar surface area (TPSA) is 93.9 Å². The lowest BCUT2D eigenvalue weighted by Crippen LogP contribution is -2.32. The van der Waals surface area contributed by atoms with Crippen molar-refractivity contribution >= 4 is 17.5 Å². The molecule has 1 aliphatic rings. The van der Waals surface area contributed by atoms with Gasteiger partial charge in [-0.1, -0.05) is 5.16 Å². The van der Waals surface area contributed by atoms with E-state index in [0.29, 0.717) is 28.6 Å². The van der Waals surface area contributed by atoms with E-state index in [1.54, 1.807) is 32.4 Å². The number of hydrogen-bond donors (Lipinski definition) is 1. The third kappa shape index (κ3) is 4.41. The Balaban J connectivity index is 1.36. The molecule has 1 atom stereocenters. The fourth-order valence-electron chi connectivity index (χ4n) is 3.60. The summed E-state index contributed by atoms with van der Waals surface area (Å²) in [6.45, 7) is 0.406. The molecule has 1 aromatic heterocycles. The van der Waals surface area contributed by atoms with Gasteiger partial charge in [-0.05, 0) is 42.5 Å². The number of nitrogens with one attached hydrogen (secondary N) is 1. The first-order chi connectivity index (χ1) is 15.5. The molecule has 0 radical (unpaired) electrons. The predicted octanol–water partition coefficient (Wildman–Crippen LogP) is 3.17. The zero-order chi connectivity index (χ0) is 22.7. The maximum absolute atomic E-state index is 13.1. The number of methoxy groups -OCH3 is 2. The zero-order valence-electron chi connectivity index (χ0n) is 17.6. The van der Waals surface area contributed by atoms with Gasteiger partial charge in [0.2, 0.25) is 11.8 Å². The minimum Gasteiger partial charge on any atom is -0.493 e. The first kappa shape index (κ1) is 21.4. The number of anilines is 1. The standard InChI is InChI=1S/C23H22FN3O5/c1-30-19-8-3-14(9-21(19)31-2)20-11-17(26-32-20)12-25-23(29)15-10-22(28)27(13-15)18-6-4-16(24)5-7-18/h3-9,11,15H,10,12-13H2,1-2H3,(H,25,29)/t15-/m0/s1. The molecule has 1 fully saturated rings. The molecule has 0 bridgehead atoms. The monoisotopic (exact) mass is 439 g/mol. The van der Waals surface area contributed by atoms with Gasteiger partial charge < -0.3 is 24.2 Å². The summed E-state index contributed by atoms with van der Waals surface area (Å²) in [4.78, 5) is 26.4. The van der Waals surface area contributed by atoms with E-state index in [1.165, 1.54) is 29.2 Å². The maximum atomic E-state index is 13.1. The van der Waals surface area contributed by atoms with Crippen LogP contribution in [0.2, 0.25) is 0 Å². The molecule has 0 spiro atoms. The summed E-state index contributed by atoms with van der Waals surface area (Å²) < 4.78 is 29.1. The highest BCUT2D eigenvalue weighted by Crippen LogP contribution is 2.32. The quantitative estimate of drug-likeness (QED) is 0.608. The molecule has 9 heteroatoms. The highest BCUT2D eigenvalue weighted by atomic mass is 19.1. The number of carbonyl (C=O) groups excluding carboxylic acids is 2. The van der Waals surface area contributed by atoms with Crippen molar-refractivity contribution < 1.29 is 28.0 Å². The summed E-state index contributed by atoms with van der Waals surface area (Å²) in [5, 5.41) is 6.80. The van der Waals surface area contributed by atoms with Crippen molar-refractivity contribution in [1.29, 1.82) is 0 Å². The molecule has 166 valence electrons. The van der Waals surface area contributed by atoms with Gasteiger partial charge in [-0.2, -0.15) is 0 Å². The molecule has 4 rings (SSSR count). The van der Waals surface area contributed by atoms with Crippen molar-refractivity contribution in [1.82, 2.24) is 10.5 Å². The fraction of sp³-hybridized carbons (Fsp3) is 0.261. The van der Waals surface area contributed by atoms with E-state index in [-0.39, 0.29) is 37.1 Å². The normalized spacial score (nSPS) is 15.7. The number of carbonyl (C=O) groups is 2. The molecule has 1 saturated heterocycles. The van der Waals surface area contributed by atoms with E-state index in [9.17, 15) is 14.0 Å². The van der Waals surface area contributed by atoms with Gasteiger partial charge in [0, 0.05) is 30.3 Å². The SMILES string of the molecule is COc1ccc(-c2cc(CNC(=O)[C@H]3CC(=O)N(c4ccc(F)cc4)C3)no2)cc1OC. The van der Waals surface area contributed by atoms with Crippen LogP contribution in [-0.2, 0) is 16.1 Å². The molecule has 1 aliphatic heterocycles. The van der Waals surface area contributed by atoms with Gasteiger partial charge in [0.05, 0.1) is 26.7 Å². The van der Waals surface area contributed by atoms with Gasteiger partial charge in [-0.15, -0.1) is 0 Å². The van der Waals surface area contributed by atoms with E-state index in [4.69, 9.17) is 14.0 Å².